The van der Waals surface area contributed by atoms with Crippen LogP contribution in [0.5, 0.6) is 0 Å². The van der Waals surface area contributed by atoms with Gasteiger partial charge in [-0.1, -0.05) is 42.5 Å². The molecule has 0 saturated carbocycles. The van der Waals surface area contributed by atoms with E-state index in [1.165, 1.54) is 0 Å². The van der Waals surface area contributed by atoms with E-state index >= 15 is 0 Å². The number of allylic oxidation sites excluding steroid dienone is 1. The zero-order chi connectivity index (χ0) is 15.5. The summed E-state index contributed by atoms with van der Waals surface area (Å²) in [7, 11) is 1.91. The van der Waals surface area contributed by atoms with Crippen molar-refractivity contribution in [3.8, 4) is 0 Å². The molecule has 0 aromatic heterocycles. The van der Waals surface area contributed by atoms with E-state index in [4.69, 9.17) is 9.47 Å². The van der Waals surface area contributed by atoms with Gasteiger partial charge in [0.05, 0.1) is 40.9 Å². The lowest BCUT2D eigenvalue weighted by Gasteiger charge is -2.15. The highest BCUT2D eigenvalue weighted by atomic mass is 32.2. The van der Waals surface area contributed by atoms with Crippen molar-refractivity contribution in [1.29, 1.82) is 0 Å². The van der Waals surface area contributed by atoms with E-state index in [2.05, 4.69) is 0 Å². The summed E-state index contributed by atoms with van der Waals surface area (Å²) in [5.41, 5.74) is 2.59. The number of fused-ring (bicyclic) bond motifs is 1. The maximum Gasteiger partial charge on any atom is 0.139 e. The monoisotopic (exact) mass is 312 g/mol. The predicted molar refractivity (Wildman–Crippen MR) is 88.2 cm³/mol. The Labute approximate surface area is 132 Å². The van der Waals surface area contributed by atoms with Crippen LogP contribution in [-0.2, 0) is 20.3 Å². The van der Waals surface area contributed by atoms with Crippen LogP contribution in [0.3, 0.4) is 0 Å². The van der Waals surface area contributed by atoms with Crippen LogP contribution in [0.15, 0.2) is 70.7 Å². The van der Waals surface area contributed by atoms with Crippen LogP contribution in [0, 0.1) is 0 Å². The van der Waals surface area contributed by atoms with Gasteiger partial charge in [-0.2, -0.15) is 0 Å². The minimum atomic E-state index is -1.29. The summed E-state index contributed by atoms with van der Waals surface area (Å²) < 4.78 is 23.8. The molecule has 1 heterocycles. The molecule has 1 unspecified atom stereocenters. The molecule has 0 radical (unpaired) electrons. The standard InChI is InChI=1S/C18H16O3S/c1-20-15-12-22(19)16-11-7-6-10-14(16)18(21-2)17(15)13-8-4-3-5-9-13/h3-12H,1-2H3. The molecule has 0 N–H and O–H groups in total. The third-order valence-corrected chi connectivity index (χ3v) is 4.74. The molecule has 0 saturated heterocycles. The third kappa shape index (κ3) is 2.46. The number of hydrogen-bond acceptors (Lipinski definition) is 3. The highest BCUT2D eigenvalue weighted by Crippen LogP contribution is 2.38. The van der Waals surface area contributed by atoms with E-state index in [9.17, 15) is 4.21 Å². The highest BCUT2D eigenvalue weighted by molar-refractivity contribution is 7.88. The summed E-state index contributed by atoms with van der Waals surface area (Å²) >= 11 is 0. The highest BCUT2D eigenvalue weighted by Gasteiger charge is 2.25. The second kappa shape index (κ2) is 6.20. The molecule has 4 heteroatoms. The molecule has 0 spiro atoms. The summed E-state index contributed by atoms with van der Waals surface area (Å²) in [4.78, 5) is 0.722. The van der Waals surface area contributed by atoms with Gasteiger partial charge in [-0.25, -0.2) is 4.21 Å². The van der Waals surface area contributed by atoms with Crippen LogP contribution in [-0.4, -0.2) is 18.4 Å². The van der Waals surface area contributed by atoms with Gasteiger partial charge in [0.25, 0.3) is 0 Å². The first-order valence-corrected chi connectivity index (χ1v) is 8.07. The molecule has 112 valence electrons. The summed E-state index contributed by atoms with van der Waals surface area (Å²) in [6, 6.07) is 17.4. The number of hydrogen-bond donors (Lipinski definition) is 0. The van der Waals surface area contributed by atoms with Gasteiger partial charge in [0.1, 0.15) is 11.5 Å². The molecule has 3 rings (SSSR count). The first kappa shape index (κ1) is 14.6. The van der Waals surface area contributed by atoms with Crippen LogP contribution in [0.25, 0.3) is 11.3 Å². The third-order valence-electron chi connectivity index (χ3n) is 3.52. The summed E-state index contributed by atoms with van der Waals surface area (Å²) in [5.74, 6) is 1.22. The molecule has 1 aliphatic rings. The molecule has 3 nitrogen and oxygen atoms in total. The Morgan fingerprint density at radius 3 is 2.23 bits per heavy atom. The van der Waals surface area contributed by atoms with Gasteiger partial charge in [-0.15, -0.1) is 0 Å². The molecule has 0 fully saturated rings. The topological polar surface area (TPSA) is 35.5 Å². The zero-order valence-electron chi connectivity index (χ0n) is 12.4. The van der Waals surface area contributed by atoms with Crippen molar-refractivity contribution in [3.63, 3.8) is 0 Å². The molecule has 1 aliphatic heterocycles. The number of benzene rings is 2. The van der Waals surface area contributed by atoms with E-state index < -0.39 is 10.8 Å². The van der Waals surface area contributed by atoms with E-state index in [-0.39, 0.29) is 0 Å². The normalized spacial score (nSPS) is 17.4. The first-order valence-electron chi connectivity index (χ1n) is 6.86. The molecular formula is C18H16O3S. The molecule has 22 heavy (non-hydrogen) atoms. The lowest BCUT2D eigenvalue weighted by Crippen LogP contribution is -1.99. The Bertz CT molecular complexity index is 776. The predicted octanol–water partition coefficient (Wildman–Crippen LogP) is 3.81. The summed E-state index contributed by atoms with van der Waals surface area (Å²) in [6.45, 7) is 0. The van der Waals surface area contributed by atoms with Crippen molar-refractivity contribution < 1.29 is 13.7 Å². The van der Waals surface area contributed by atoms with Gasteiger partial charge in [-0.05, 0) is 17.7 Å². The van der Waals surface area contributed by atoms with Gasteiger partial charge in [-0.3, -0.25) is 0 Å². The van der Waals surface area contributed by atoms with E-state index in [1.54, 1.807) is 19.6 Å². The van der Waals surface area contributed by atoms with Crippen molar-refractivity contribution >= 4 is 22.1 Å². The Balaban J connectivity index is 2.36. The number of rotatable bonds is 3. The van der Waals surface area contributed by atoms with Gasteiger partial charge >= 0.3 is 0 Å². The zero-order valence-corrected chi connectivity index (χ0v) is 13.2. The van der Waals surface area contributed by atoms with Gasteiger partial charge in [0, 0.05) is 5.56 Å². The SMILES string of the molecule is COC1=CS(=O)c2ccccc2C(OC)=C1c1ccccc1. The Morgan fingerprint density at radius 1 is 0.864 bits per heavy atom. The van der Waals surface area contributed by atoms with E-state index in [0.717, 1.165) is 21.6 Å². The van der Waals surface area contributed by atoms with Gasteiger partial charge < -0.3 is 9.47 Å². The number of methoxy groups -OCH3 is 2. The van der Waals surface area contributed by atoms with Gasteiger partial charge in [0.2, 0.25) is 0 Å². The van der Waals surface area contributed by atoms with Crippen molar-refractivity contribution in [2.24, 2.45) is 0 Å². The maximum absolute atomic E-state index is 12.6. The smallest absolute Gasteiger partial charge is 0.139 e. The first-order chi connectivity index (χ1) is 10.8. The average Bonchev–Trinajstić information content (AvgIpc) is 2.70. The van der Waals surface area contributed by atoms with Crippen LogP contribution >= 0.6 is 0 Å². The van der Waals surface area contributed by atoms with Crippen molar-refractivity contribution in [2.75, 3.05) is 14.2 Å². The fourth-order valence-electron chi connectivity index (χ4n) is 2.54. The maximum atomic E-state index is 12.6. The average molecular weight is 312 g/mol. The Morgan fingerprint density at radius 2 is 1.55 bits per heavy atom. The summed E-state index contributed by atoms with van der Waals surface area (Å²) in [5, 5.41) is 1.63. The summed E-state index contributed by atoms with van der Waals surface area (Å²) in [6.07, 6.45) is 0. The van der Waals surface area contributed by atoms with Crippen molar-refractivity contribution in [3.05, 3.63) is 76.9 Å². The fourth-order valence-corrected chi connectivity index (χ4v) is 3.66. The van der Waals surface area contributed by atoms with Crippen LogP contribution in [0.4, 0.5) is 0 Å². The fraction of sp³-hybridized carbons (Fsp3) is 0.111. The second-order valence-electron chi connectivity index (χ2n) is 4.75. The van der Waals surface area contributed by atoms with Crippen LogP contribution in [0.1, 0.15) is 11.1 Å². The van der Waals surface area contributed by atoms with Crippen molar-refractivity contribution in [1.82, 2.24) is 0 Å². The molecule has 1 atom stereocenters. The van der Waals surface area contributed by atoms with E-state index in [1.807, 2.05) is 54.6 Å². The minimum Gasteiger partial charge on any atom is -0.495 e. The minimum absolute atomic E-state index is 0.553. The molecule has 2 aromatic rings. The van der Waals surface area contributed by atoms with Crippen molar-refractivity contribution in [2.45, 2.75) is 4.90 Å². The van der Waals surface area contributed by atoms with E-state index in [0.29, 0.717) is 11.5 Å². The molecule has 0 aliphatic carbocycles. The quantitative estimate of drug-likeness (QED) is 0.864. The van der Waals surface area contributed by atoms with Gasteiger partial charge in [0.15, 0.2) is 0 Å². The lowest BCUT2D eigenvalue weighted by atomic mass is 9.99. The second-order valence-corrected chi connectivity index (χ2v) is 6.02. The van der Waals surface area contributed by atoms with Crippen LogP contribution < -0.4 is 0 Å². The molecule has 2 aromatic carbocycles. The number of ether oxygens (including phenoxy) is 2. The van der Waals surface area contributed by atoms with Crippen LogP contribution in [0.2, 0.25) is 0 Å². The molecule has 0 amide bonds. The Hall–Kier alpha value is -2.33. The largest absolute Gasteiger partial charge is 0.495 e. The lowest BCUT2D eigenvalue weighted by molar-refractivity contribution is 0.308. The molecule has 0 bridgehead atoms. The Kier molecular flexibility index (Phi) is 4.11. The molecular weight excluding hydrogens is 296 g/mol.